The molecule has 3 heterocycles. The van der Waals surface area contributed by atoms with Crippen LogP contribution in [0.15, 0.2) is 23.8 Å². The fourth-order valence-electron chi connectivity index (χ4n) is 8.56. The van der Waals surface area contributed by atoms with Crippen LogP contribution < -0.4 is 0 Å². The maximum absolute atomic E-state index is 13.9. The summed E-state index contributed by atoms with van der Waals surface area (Å²) in [5.74, 6) is -2.65. The average Bonchev–Trinajstić information content (AvgIpc) is 3.19. The van der Waals surface area contributed by atoms with Gasteiger partial charge in [0.25, 0.3) is 0 Å². The number of aliphatic hydroxyl groups excluding tert-OH is 4. The Labute approximate surface area is 359 Å². The van der Waals surface area contributed by atoms with Gasteiger partial charge in [-0.25, -0.2) is 0 Å². The molecule has 3 aliphatic rings. The van der Waals surface area contributed by atoms with Gasteiger partial charge in [0.2, 0.25) is 0 Å². The van der Waals surface area contributed by atoms with E-state index in [0.717, 1.165) is 18.7 Å². The van der Waals surface area contributed by atoms with Crippen molar-refractivity contribution in [3.63, 3.8) is 0 Å². The van der Waals surface area contributed by atoms with Gasteiger partial charge in [-0.15, -0.1) is 0 Å². The van der Waals surface area contributed by atoms with E-state index in [1.807, 2.05) is 48.0 Å². The molecule has 4 N–H and O–H groups in total. The van der Waals surface area contributed by atoms with E-state index in [-0.39, 0.29) is 24.7 Å². The van der Waals surface area contributed by atoms with Crippen LogP contribution in [0, 0.1) is 23.7 Å². The van der Waals surface area contributed by atoms with Crippen molar-refractivity contribution in [3.05, 3.63) is 23.8 Å². The zero-order valence-corrected chi connectivity index (χ0v) is 38.5. The summed E-state index contributed by atoms with van der Waals surface area (Å²) in [6.45, 7) is 13.2. The van der Waals surface area contributed by atoms with Crippen LogP contribution in [-0.4, -0.2) is 202 Å². The number of allylic oxidation sites excluding steroid dienone is 3. The number of carbonyl (C=O) groups excluding carboxylic acids is 2. The van der Waals surface area contributed by atoms with E-state index in [9.17, 15) is 30.0 Å². The van der Waals surface area contributed by atoms with Gasteiger partial charge in [0.1, 0.15) is 30.5 Å². The molecule has 0 aromatic carbocycles. The molecule has 0 saturated carbocycles. The number of esters is 1. The molecule has 348 valence electrons. The van der Waals surface area contributed by atoms with Crippen molar-refractivity contribution in [1.82, 2.24) is 14.7 Å². The van der Waals surface area contributed by atoms with Crippen LogP contribution in [-0.2, 0) is 42.7 Å². The molecule has 0 aromatic heterocycles. The Kier molecular flexibility index (Phi) is 21.7. The van der Waals surface area contributed by atoms with Gasteiger partial charge < -0.3 is 68.3 Å². The topological polar surface area (TPSA) is 189 Å². The van der Waals surface area contributed by atoms with Crippen molar-refractivity contribution < 1.29 is 63.2 Å². The first-order valence-electron chi connectivity index (χ1n) is 21.7. The molecule has 0 radical (unpaired) electrons. The van der Waals surface area contributed by atoms with Gasteiger partial charge in [-0.3, -0.25) is 9.59 Å². The Balaban J connectivity index is 2.02. The molecule has 0 aromatic rings. The van der Waals surface area contributed by atoms with Crippen LogP contribution in [0.5, 0.6) is 0 Å². The fraction of sp³-hybridized carbons (Fsp3) is 0.864. The first-order valence-corrected chi connectivity index (χ1v) is 21.7. The second-order valence-electron chi connectivity index (χ2n) is 17.8. The van der Waals surface area contributed by atoms with Crippen LogP contribution in [0.2, 0.25) is 0 Å². The predicted octanol–water partition coefficient (Wildman–Crippen LogP) is 1.86. The lowest BCUT2D eigenvalue weighted by Crippen LogP contribution is -2.63. The maximum Gasteiger partial charge on any atom is 0.308 e. The van der Waals surface area contributed by atoms with Crippen LogP contribution in [0.4, 0.5) is 0 Å². The third kappa shape index (κ3) is 14.6. The number of rotatable bonds is 15. The van der Waals surface area contributed by atoms with E-state index in [1.54, 1.807) is 51.9 Å². The molecule has 16 nitrogen and oxygen atoms in total. The number of nitrogens with zero attached hydrogens (tertiary/aromatic N) is 3. The number of aliphatic hydroxyl groups is 4. The summed E-state index contributed by atoms with van der Waals surface area (Å²) in [6.07, 6.45) is -4.36. The summed E-state index contributed by atoms with van der Waals surface area (Å²) < 4.78 is 42.5. The van der Waals surface area contributed by atoms with Crippen LogP contribution in [0.1, 0.15) is 67.2 Å². The number of likely N-dealkylation sites (N-methyl/N-ethyl adjacent to an activating group) is 3. The lowest BCUT2D eigenvalue weighted by Gasteiger charge is -2.46. The molecule has 3 aliphatic heterocycles. The predicted molar refractivity (Wildman–Crippen MR) is 226 cm³/mol. The zero-order chi connectivity index (χ0) is 45.0. The number of cyclic esters (lactones) is 1. The number of hydrogen-bond acceptors (Lipinski definition) is 16. The summed E-state index contributed by atoms with van der Waals surface area (Å²) in [7, 11) is 12.6. The van der Waals surface area contributed by atoms with Crippen molar-refractivity contribution >= 4 is 11.8 Å². The molecule has 0 amide bonds. The standard InChI is InChI=1S/C44H79N3O13/c1-14-34-31(24-56-44-42(55-13)41(54-12)38(52)29(6)58-44)21-25(2)15-16-32(48)26(3)22-30(17-18-47(11)20-19-45(7)8)40(27(4)33(49)23-35(50)59-34)60-43-39(53)36(46(9)10)37(51)28(5)57-43/h15-16,21,26-31,33-34,36-44,49,51-53H,14,17-20,22-24H2,1-13H3/b16-15+,25-21+/t26-,27+,28-,29-,30+,31-,33?,34-,36+,37-,38-,39-,40-,41-,42-,43+,44-/m1/s1. The second-order valence-corrected chi connectivity index (χ2v) is 17.8. The van der Waals surface area contributed by atoms with Gasteiger partial charge >= 0.3 is 5.97 Å². The van der Waals surface area contributed by atoms with Crippen molar-refractivity contribution in [2.45, 2.75) is 147 Å². The molecule has 3 rings (SSSR count). The number of ether oxygens (including phenoxy) is 7. The number of methoxy groups -OCH3 is 2. The van der Waals surface area contributed by atoms with E-state index < -0.39 is 103 Å². The fourth-order valence-corrected chi connectivity index (χ4v) is 8.56. The average molecular weight is 858 g/mol. The summed E-state index contributed by atoms with van der Waals surface area (Å²) >= 11 is 0. The maximum atomic E-state index is 13.9. The smallest absolute Gasteiger partial charge is 0.308 e. The highest BCUT2D eigenvalue weighted by Gasteiger charge is 2.48. The summed E-state index contributed by atoms with van der Waals surface area (Å²) in [5, 5.41) is 45.1. The Morgan fingerprint density at radius 1 is 0.800 bits per heavy atom. The SMILES string of the molecule is CC[C@H]1OC(=O)CC(O)[C@H](C)[C@@H](O[C@@H]2O[C@H](C)[C@@H](O)[C@H](N(C)C)[C@H]2O)[C@@H](CCN(C)CCN(C)C)C[C@@H](C)C(=O)/C=C/C(C)=C/[C@@H]1CO[C@@H]1O[C@H](C)[C@@H](O)[C@@H](OC)[C@H]1OC. The molecule has 1 unspecified atom stereocenters. The lowest BCUT2D eigenvalue weighted by molar-refractivity contribution is -0.304. The number of hydrogen-bond donors (Lipinski definition) is 4. The molecule has 2 saturated heterocycles. The molecule has 0 spiro atoms. The minimum absolute atomic E-state index is 0.0371. The lowest BCUT2D eigenvalue weighted by atomic mass is 9.79. The summed E-state index contributed by atoms with van der Waals surface area (Å²) in [4.78, 5) is 33.8. The first kappa shape index (κ1) is 52.4. The Hall–Kier alpha value is -1.90. The molecular weight excluding hydrogens is 778 g/mol. The number of carbonyl (C=O) groups is 2. The largest absolute Gasteiger partial charge is 0.462 e. The van der Waals surface area contributed by atoms with Crippen molar-refractivity contribution in [3.8, 4) is 0 Å². The van der Waals surface area contributed by atoms with Gasteiger partial charge in [0.05, 0.1) is 49.6 Å². The first-order chi connectivity index (χ1) is 28.2. The van der Waals surface area contributed by atoms with Crippen molar-refractivity contribution in [2.75, 3.05) is 75.7 Å². The Morgan fingerprint density at radius 2 is 1.43 bits per heavy atom. The normalized spacial score (nSPS) is 40.7. The van der Waals surface area contributed by atoms with Crippen LogP contribution in [0.3, 0.4) is 0 Å². The van der Waals surface area contributed by atoms with E-state index in [2.05, 4.69) is 9.80 Å². The second kappa shape index (κ2) is 24.8. The van der Waals surface area contributed by atoms with Gasteiger partial charge in [0, 0.05) is 45.1 Å². The van der Waals surface area contributed by atoms with Crippen LogP contribution >= 0.6 is 0 Å². The quantitative estimate of drug-likeness (QED) is 0.175. The minimum atomic E-state index is -1.24. The van der Waals surface area contributed by atoms with E-state index in [4.69, 9.17) is 33.2 Å². The Morgan fingerprint density at radius 3 is 2.03 bits per heavy atom. The number of ketones is 1. The van der Waals surface area contributed by atoms with E-state index in [0.29, 0.717) is 25.8 Å². The van der Waals surface area contributed by atoms with E-state index in [1.165, 1.54) is 14.2 Å². The zero-order valence-electron chi connectivity index (χ0n) is 38.5. The van der Waals surface area contributed by atoms with E-state index >= 15 is 0 Å². The molecule has 16 heteroatoms. The molecule has 60 heavy (non-hydrogen) atoms. The summed E-state index contributed by atoms with van der Waals surface area (Å²) in [5.41, 5.74) is 0.751. The highest BCUT2D eigenvalue weighted by molar-refractivity contribution is 5.91. The highest BCUT2D eigenvalue weighted by atomic mass is 16.7. The molecular formula is C44H79N3O13. The van der Waals surface area contributed by atoms with Crippen molar-refractivity contribution in [2.24, 2.45) is 23.7 Å². The molecule has 0 aliphatic carbocycles. The summed E-state index contributed by atoms with van der Waals surface area (Å²) in [6, 6.07) is -0.693. The van der Waals surface area contributed by atoms with Gasteiger partial charge in [0.15, 0.2) is 18.4 Å². The highest BCUT2D eigenvalue weighted by Crippen LogP contribution is 2.35. The minimum Gasteiger partial charge on any atom is -0.462 e. The van der Waals surface area contributed by atoms with Crippen molar-refractivity contribution in [1.29, 1.82) is 0 Å². The Bertz CT molecular complexity index is 1370. The molecule has 0 bridgehead atoms. The molecule has 2 fully saturated rings. The van der Waals surface area contributed by atoms with Crippen LogP contribution in [0.25, 0.3) is 0 Å². The third-order valence-electron chi connectivity index (χ3n) is 12.5. The molecule has 17 atom stereocenters. The monoisotopic (exact) mass is 858 g/mol. The van der Waals surface area contributed by atoms with Gasteiger partial charge in [-0.05, 0) is 93.8 Å². The van der Waals surface area contributed by atoms with Gasteiger partial charge in [-0.1, -0.05) is 38.5 Å². The van der Waals surface area contributed by atoms with Gasteiger partial charge in [-0.2, -0.15) is 0 Å². The third-order valence-corrected chi connectivity index (χ3v) is 12.5.